The highest BCUT2D eigenvalue weighted by atomic mass is 35.5. The molecule has 0 saturated carbocycles. The zero-order valence-electron chi connectivity index (χ0n) is 10.9. The molecule has 1 heterocycles. The van der Waals surface area contributed by atoms with Crippen molar-refractivity contribution >= 4 is 17.3 Å². The number of hydrogen-bond acceptors (Lipinski definition) is 2. The molecule has 2 nitrogen and oxygen atoms in total. The van der Waals surface area contributed by atoms with Crippen LogP contribution in [0, 0.1) is 13.8 Å². The molecule has 18 heavy (non-hydrogen) atoms. The second kappa shape index (κ2) is 5.40. The molecule has 0 aliphatic rings. The molecule has 0 spiro atoms. The summed E-state index contributed by atoms with van der Waals surface area (Å²) in [5, 5.41) is 4.09. The van der Waals surface area contributed by atoms with Crippen LogP contribution in [-0.2, 0) is 0 Å². The van der Waals surface area contributed by atoms with Gasteiger partial charge in [-0.05, 0) is 38.0 Å². The lowest BCUT2D eigenvalue weighted by atomic mass is 10.0. The van der Waals surface area contributed by atoms with E-state index in [2.05, 4.69) is 49.3 Å². The summed E-state index contributed by atoms with van der Waals surface area (Å²) in [6.45, 7) is 6.36. The number of benzene rings is 1. The third-order valence-electron chi connectivity index (χ3n) is 3.03. The lowest BCUT2D eigenvalue weighted by molar-refractivity contribution is 0.871. The molecule has 0 radical (unpaired) electrons. The Hall–Kier alpha value is -1.54. The molecule has 0 amide bonds. The van der Waals surface area contributed by atoms with Crippen LogP contribution in [0.15, 0.2) is 36.7 Å². The molecule has 94 valence electrons. The van der Waals surface area contributed by atoms with Crippen LogP contribution in [0.25, 0.3) is 0 Å². The molecular weight excluding hydrogens is 244 g/mol. The number of anilines is 1. The van der Waals surface area contributed by atoms with Crippen LogP contribution in [0.4, 0.5) is 5.69 Å². The number of hydrogen-bond donors (Lipinski definition) is 1. The summed E-state index contributed by atoms with van der Waals surface area (Å²) in [4.78, 5) is 4.08. The van der Waals surface area contributed by atoms with Gasteiger partial charge < -0.3 is 5.32 Å². The Morgan fingerprint density at radius 3 is 2.67 bits per heavy atom. The lowest BCUT2D eigenvalue weighted by Gasteiger charge is -2.18. The molecule has 1 atom stereocenters. The van der Waals surface area contributed by atoms with Gasteiger partial charge in [-0.2, -0.15) is 0 Å². The van der Waals surface area contributed by atoms with E-state index in [-0.39, 0.29) is 6.04 Å². The van der Waals surface area contributed by atoms with E-state index in [4.69, 9.17) is 11.6 Å². The van der Waals surface area contributed by atoms with Crippen molar-refractivity contribution in [1.82, 2.24) is 4.98 Å². The molecule has 0 fully saturated rings. The second-order valence-electron chi connectivity index (χ2n) is 4.58. The topological polar surface area (TPSA) is 24.9 Å². The van der Waals surface area contributed by atoms with Gasteiger partial charge in [0.25, 0.3) is 0 Å². The van der Waals surface area contributed by atoms with Gasteiger partial charge in [0.1, 0.15) is 0 Å². The minimum absolute atomic E-state index is 0.201. The van der Waals surface area contributed by atoms with Gasteiger partial charge in [-0.3, -0.25) is 4.98 Å². The van der Waals surface area contributed by atoms with Crippen LogP contribution in [-0.4, -0.2) is 4.98 Å². The van der Waals surface area contributed by atoms with Crippen molar-refractivity contribution in [2.45, 2.75) is 26.8 Å². The van der Waals surface area contributed by atoms with Gasteiger partial charge in [-0.15, -0.1) is 0 Å². The summed E-state index contributed by atoms with van der Waals surface area (Å²) in [6.07, 6.45) is 3.44. The van der Waals surface area contributed by atoms with Gasteiger partial charge in [-0.25, -0.2) is 0 Å². The molecule has 0 saturated heterocycles. The fourth-order valence-corrected chi connectivity index (χ4v) is 2.27. The lowest BCUT2D eigenvalue weighted by Crippen LogP contribution is -2.08. The van der Waals surface area contributed by atoms with Crippen molar-refractivity contribution in [2.75, 3.05) is 5.32 Å². The van der Waals surface area contributed by atoms with Gasteiger partial charge in [0.2, 0.25) is 0 Å². The maximum Gasteiger partial charge on any atom is 0.0720 e. The summed E-state index contributed by atoms with van der Waals surface area (Å²) < 4.78 is 0. The van der Waals surface area contributed by atoms with Crippen molar-refractivity contribution in [2.24, 2.45) is 0 Å². The van der Waals surface area contributed by atoms with E-state index in [1.54, 1.807) is 18.5 Å². The van der Waals surface area contributed by atoms with Gasteiger partial charge in [0.15, 0.2) is 0 Å². The molecule has 3 heteroatoms. The zero-order chi connectivity index (χ0) is 13.1. The average molecular weight is 261 g/mol. The summed E-state index contributed by atoms with van der Waals surface area (Å²) in [7, 11) is 0. The van der Waals surface area contributed by atoms with E-state index in [1.807, 2.05) is 0 Å². The fourth-order valence-electron chi connectivity index (χ4n) is 2.11. The molecule has 0 bridgehead atoms. The largest absolute Gasteiger partial charge is 0.376 e. The summed E-state index contributed by atoms with van der Waals surface area (Å²) in [5.41, 5.74) is 4.71. The Morgan fingerprint density at radius 2 is 2.00 bits per heavy atom. The quantitative estimate of drug-likeness (QED) is 0.877. The number of halogens is 1. The Bertz CT molecular complexity index is 552. The highest BCUT2D eigenvalue weighted by molar-refractivity contribution is 6.33. The van der Waals surface area contributed by atoms with Crippen molar-refractivity contribution < 1.29 is 0 Å². The van der Waals surface area contributed by atoms with E-state index in [0.717, 1.165) is 5.69 Å². The van der Waals surface area contributed by atoms with Crippen LogP contribution < -0.4 is 5.32 Å². The first-order chi connectivity index (χ1) is 8.58. The van der Waals surface area contributed by atoms with Crippen LogP contribution >= 0.6 is 11.6 Å². The highest BCUT2D eigenvalue weighted by Gasteiger charge is 2.10. The third kappa shape index (κ3) is 2.82. The van der Waals surface area contributed by atoms with Gasteiger partial charge in [0, 0.05) is 12.2 Å². The van der Waals surface area contributed by atoms with Crippen LogP contribution in [0.5, 0.6) is 0 Å². The number of aromatic nitrogens is 1. The molecule has 1 unspecified atom stereocenters. The highest BCUT2D eigenvalue weighted by Crippen LogP contribution is 2.26. The Labute approximate surface area is 113 Å². The molecule has 1 aromatic carbocycles. The fraction of sp³-hybridized carbons (Fsp3) is 0.267. The predicted octanol–water partition coefficient (Wildman–Crippen LogP) is 4.52. The first-order valence-corrected chi connectivity index (χ1v) is 6.39. The number of rotatable bonds is 3. The van der Waals surface area contributed by atoms with E-state index < -0.39 is 0 Å². The summed E-state index contributed by atoms with van der Waals surface area (Å²) >= 11 is 6.12. The van der Waals surface area contributed by atoms with Crippen molar-refractivity contribution in [3.05, 3.63) is 58.4 Å². The van der Waals surface area contributed by atoms with Crippen molar-refractivity contribution in [1.29, 1.82) is 0 Å². The summed E-state index contributed by atoms with van der Waals surface area (Å²) in [5.74, 6) is 0. The van der Waals surface area contributed by atoms with Gasteiger partial charge in [-0.1, -0.05) is 35.4 Å². The summed E-state index contributed by atoms with van der Waals surface area (Å²) in [6, 6.07) is 8.47. The van der Waals surface area contributed by atoms with Crippen LogP contribution in [0.2, 0.25) is 5.02 Å². The number of nitrogens with zero attached hydrogens (tertiary/aromatic N) is 1. The van der Waals surface area contributed by atoms with Crippen molar-refractivity contribution in [3.8, 4) is 0 Å². The van der Waals surface area contributed by atoms with E-state index in [9.17, 15) is 0 Å². The average Bonchev–Trinajstić information content (AvgIpc) is 2.32. The second-order valence-corrected chi connectivity index (χ2v) is 4.99. The minimum atomic E-state index is 0.201. The SMILES string of the molecule is Cc1ccc(C(C)Nc2cnccc2Cl)c(C)c1. The third-order valence-corrected chi connectivity index (χ3v) is 3.36. The Kier molecular flexibility index (Phi) is 3.87. The first-order valence-electron chi connectivity index (χ1n) is 6.01. The standard InChI is InChI=1S/C15H17ClN2/c1-10-4-5-13(11(2)8-10)12(3)18-15-9-17-7-6-14(15)16/h4-9,12,18H,1-3H3. The first kappa shape index (κ1) is 12.9. The normalized spacial score (nSPS) is 12.2. The molecular formula is C15H17ClN2. The van der Waals surface area contributed by atoms with E-state index in [0.29, 0.717) is 5.02 Å². The zero-order valence-corrected chi connectivity index (χ0v) is 11.6. The molecule has 0 aliphatic heterocycles. The Balaban J connectivity index is 2.22. The van der Waals surface area contributed by atoms with Gasteiger partial charge in [0.05, 0.1) is 16.9 Å². The monoisotopic (exact) mass is 260 g/mol. The van der Waals surface area contributed by atoms with Crippen molar-refractivity contribution in [3.63, 3.8) is 0 Å². The molecule has 1 aromatic heterocycles. The smallest absolute Gasteiger partial charge is 0.0720 e. The van der Waals surface area contributed by atoms with Crippen LogP contribution in [0.3, 0.4) is 0 Å². The van der Waals surface area contributed by atoms with Crippen LogP contribution in [0.1, 0.15) is 29.7 Å². The van der Waals surface area contributed by atoms with E-state index >= 15 is 0 Å². The number of nitrogens with one attached hydrogen (secondary N) is 1. The minimum Gasteiger partial charge on any atom is -0.376 e. The predicted molar refractivity (Wildman–Crippen MR) is 77.2 cm³/mol. The molecule has 2 rings (SSSR count). The maximum absolute atomic E-state index is 6.12. The maximum atomic E-state index is 6.12. The van der Waals surface area contributed by atoms with Gasteiger partial charge >= 0.3 is 0 Å². The van der Waals surface area contributed by atoms with E-state index in [1.165, 1.54) is 16.7 Å². The molecule has 1 N–H and O–H groups in total. The Morgan fingerprint density at radius 1 is 1.22 bits per heavy atom. The number of pyridine rings is 1. The number of aryl methyl sites for hydroxylation is 2. The molecule has 2 aromatic rings. The molecule has 0 aliphatic carbocycles.